The van der Waals surface area contributed by atoms with Crippen LogP contribution in [0.15, 0.2) is 35.2 Å². The van der Waals surface area contributed by atoms with E-state index in [2.05, 4.69) is 27.4 Å². The number of aromatic nitrogens is 2. The number of carbonyl (C=O) groups is 1. The molecule has 0 aliphatic carbocycles. The molecule has 24 heavy (non-hydrogen) atoms. The molecule has 0 aliphatic heterocycles. The molecule has 5 nitrogen and oxygen atoms in total. The Labute approximate surface area is 146 Å². The SMILES string of the molecule is C=CCNc1nnc(SCC(=O)N[C@@H](C)c2ccc(F)cc2F)s1. The average molecular weight is 370 g/mol. The maximum Gasteiger partial charge on any atom is 0.230 e. The molecule has 0 unspecified atom stereocenters. The fourth-order valence-corrected chi connectivity index (χ4v) is 3.41. The predicted molar refractivity (Wildman–Crippen MR) is 92.2 cm³/mol. The number of amides is 1. The van der Waals surface area contributed by atoms with E-state index < -0.39 is 17.7 Å². The molecule has 2 N–H and O–H groups in total. The van der Waals surface area contributed by atoms with Crippen LogP contribution in [0.25, 0.3) is 0 Å². The third kappa shape index (κ3) is 5.27. The van der Waals surface area contributed by atoms with E-state index in [0.717, 1.165) is 12.1 Å². The zero-order chi connectivity index (χ0) is 17.5. The number of halogens is 2. The molecule has 0 aliphatic rings. The second kappa shape index (κ2) is 8.74. The van der Waals surface area contributed by atoms with Crippen molar-refractivity contribution in [1.29, 1.82) is 0 Å². The summed E-state index contributed by atoms with van der Waals surface area (Å²) >= 11 is 2.57. The molecule has 0 bridgehead atoms. The number of rotatable bonds is 8. The summed E-state index contributed by atoms with van der Waals surface area (Å²) in [4.78, 5) is 12.0. The summed E-state index contributed by atoms with van der Waals surface area (Å²) in [6.45, 7) is 5.82. The molecule has 128 valence electrons. The molecule has 2 rings (SSSR count). The largest absolute Gasteiger partial charge is 0.357 e. The Morgan fingerprint density at radius 2 is 2.25 bits per heavy atom. The topological polar surface area (TPSA) is 66.9 Å². The van der Waals surface area contributed by atoms with E-state index in [-0.39, 0.29) is 17.2 Å². The lowest BCUT2D eigenvalue weighted by molar-refractivity contribution is -0.119. The van der Waals surface area contributed by atoms with E-state index in [9.17, 15) is 13.6 Å². The molecule has 1 heterocycles. The van der Waals surface area contributed by atoms with Crippen LogP contribution in [-0.4, -0.2) is 28.4 Å². The van der Waals surface area contributed by atoms with Crippen LogP contribution >= 0.6 is 23.1 Å². The van der Waals surface area contributed by atoms with E-state index in [4.69, 9.17) is 0 Å². The van der Waals surface area contributed by atoms with E-state index in [1.165, 1.54) is 29.2 Å². The van der Waals surface area contributed by atoms with Gasteiger partial charge < -0.3 is 10.6 Å². The third-order valence-corrected chi connectivity index (χ3v) is 4.95. The zero-order valence-corrected chi connectivity index (χ0v) is 14.5. The number of carbonyl (C=O) groups excluding carboxylic acids is 1. The van der Waals surface area contributed by atoms with Gasteiger partial charge in [0.25, 0.3) is 0 Å². The predicted octanol–water partition coefficient (Wildman–Crippen LogP) is 3.38. The van der Waals surface area contributed by atoms with Crippen LogP contribution in [0.4, 0.5) is 13.9 Å². The molecular formula is C15H16F2N4OS2. The Morgan fingerprint density at radius 1 is 1.46 bits per heavy atom. The summed E-state index contributed by atoms with van der Waals surface area (Å²) in [5, 5.41) is 14.2. The monoisotopic (exact) mass is 370 g/mol. The molecule has 1 aromatic heterocycles. The van der Waals surface area contributed by atoms with E-state index >= 15 is 0 Å². The van der Waals surface area contributed by atoms with Gasteiger partial charge in [0.1, 0.15) is 11.6 Å². The third-order valence-electron chi connectivity index (χ3n) is 2.94. The molecule has 0 spiro atoms. The summed E-state index contributed by atoms with van der Waals surface area (Å²) in [6, 6.07) is 2.73. The van der Waals surface area contributed by atoms with E-state index in [1.807, 2.05) is 0 Å². The van der Waals surface area contributed by atoms with Gasteiger partial charge >= 0.3 is 0 Å². The van der Waals surface area contributed by atoms with Crippen molar-refractivity contribution in [3.05, 3.63) is 48.1 Å². The van der Waals surface area contributed by atoms with Crippen molar-refractivity contribution in [2.24, 2.45) is 0 Å². The summed E-state index contributed by atoms with van der Waals surface area (Å²) in [5.74, 6) is -1.48. The number of nitrogens with zero attached hydrogens (tertiary/aromatic N) is 2. The first-order valence-corrected chi connectivity index (χ1v) is 8.85. The lowest BCUT2D eigenvalue weighted by Gasteiger charge is -2.14. The second-order valence-electron chi connectivity index (χ2n) is 4.79. The first kappa shape index (κ1) is 18.3. The Hall–Kier alpha value is -2.00. The van der Waals surface area contributed by atoms with Crippen LogP contribution in [0, 0.1) is 11.6 Å². The van der Waals surface area contributed by atoms with Crippen LogP contribution in [-0.2, 0) is 4.79 Å². The fourth-order valence-electron chi connectivity index (χ4n) is 1.84. The van der Waals surface area contributed by atoms with Gasteiger partial charge in [0.2, 0.25) is 11.0 Å². The van der Waals surface area contributed by atoms with Gasteiger partial charge in [-0.2, -0.15) is 0 Å². The molecule has 0 fully saturated rings. The minimum absolute atomic E-state index is 0.128. The molecule has 1 amide bonds. The maximum absolute atomic E-state index is 13.7. The first-order valence-electron chi connectivity index (χ1n) is 7.05. The van der Waals surface area contributed by atoms with E-state index in [0.29, 0.717) is 16.0 Å². The first-order chi connectivity index (χ1) is 11.5. The van der Waals surface area contributed by atoms with Crippen LogP contribution < -0.4 is 10.6 Å². The summed E-state index contributed by atoms with van der Waals surface area (Å²) in [7, 11) is 0. The van der Waals surface area contributed by atoms with E-state index in [1.54, 1.807) is 13.0 Å². The maximum atomic E-state index is 13.7. The highest BCUT2D eigenvalue weighted by molar-refractivity contribution is 8.01. The highest BCUT2D eigenvalue weighted by Gasteiger charge is 2.15. The van der Waals surface area contributed by atoms with Gasteiger partial charge in [0.15, 0.2) is 4.34 Å². The highest BCUT2D eigenvalue weighted by Crippen LogP contribution is 2.25. The summed E-state index contributed by atoms with van der Waals surface area (Å²) in [5.41, 5.74) is 0.238. The number of hydrogen-bond acceptors (Lipinski definition) is 6. The number of benzene rings is 1. The molecule has 1 aromatic carbocycles. The second-order valence-corrected chi connectivity index (χ2v) is 6.99. The van der Waals surface area contributed by atoms with Crippen LogP contribution in [0.1, 0.15) is 18.5 Å². The lowest BCUT2D eigenvalue weighted by atomic mass is 10.1. The average Bonchev–Trinajstić information content (AvgIpc) is 2.98. The fraction of sp³-hybridized carbons (Fsp3) is 0.267. The zero-order valence-electron chi connectivity index (χ0n) is 12.9. The lowest BCUT2D eigenvalue weighted by Crippen LogP contribution is -2.28. The molecule has 2 aromatic rings. The highest BCUT2D eigenvalue weighted by atomic mass is 32.2. The smallest absolute Gasteiger partial charge is 0.230 e. The molecule has 0 radical (unpaired) electrons. The van der Waals surface area contributed by atoms with Crippen molar-refractivity contribution < 1.29 is 13.6 Å². The number of hydrogen-bond donors (Lipinski definition) is 2. The Kier molecular flexibility index (Phi) is 6.68. The number of thioether (sulfide) groups is 1. The number of nitrogens with one attached hydrogen (secondary N) is 2. The van der Waals surface area contributed by atoms with Gasteiger partial charge in [-0.15, -0.1) is 16.8 Å². The minimum atomic E-state index is -0.683. The number of anilines is 1. The van der Waals surface area contributed by atoms with Crippen molar-refractivity contribution in [2.75, 3.05) is 17.6 Å². The normalized spacial score (nSPS) is 11.8. The molecule has 0 saturated carbocycles. The Balaban J connectivity index is 1.84. The van der Waals surface area contributed by atoms with Crippen molar-refractivity contribution in [3.63, 3.8) is 0 Å². The summed E-state index contributed by atoms with van der Waals surface area (Å²) < 4.78 is 27.2. The van der Waals surface area contributed by atoms with Gasteiger partial charge in [0, 0.05) is 18.2 Å². The van der Waals surface area contributed by atoms with Gasteiger partial charge in [-0.25, -0.2) is 8.78 Å². The minimum Gasteiger partial charge on any atom is -0.357 e. The molecule has 9 heteroatoms. The van der Waals surface area contributed by atoms with Crippen LogP contribution in [0.2, 0.25) is 0 Å². The molecule has 1 atom stereocenters. The van der Waals surface area contributed by atoms with Crippen LogP contribution in [0.3, 0.4) is 0 Å². The Bertz CT molecular complexity index is 723. The summed E-state index contributed by atoms with van der Waals surface area (Å²) in [6.07, 6.45) is 1.71. The Morgan fingerprint density at radius 3 is 2.96 bits per heavy atom. The standard InChI is InChI=1S/C15H16F2N4OS2/c1-3-6-18-14-20-21-15(24-14)23-8-13(22)19-9(2)11-5-4-10(16)7-12(11)17/h3-5,7,9H,1,6,8H2,2H3,(H,18,20)(H,19,22)/t9-/m0/s1. The van der Waals surface area contributed by atoms with Crippen molar-refractivity contribution in [1.82, 2.24) is 15.5 Å². The van der Waals surface area contributed by atoms with Crippen molar-refractivity contribution >= 4 is 34.1 Å². The van der Waals surface area contributed by atoms with Gasteiger partial charge in [-0.1, -0.05) is 35.2 Å². The van der Waals surface area contributed by atoms with Gasteiger partial charge in [-0.05, 0) is 13.0 Å². The molecular weight excluding hydrogens is 354 g/mol. The molecule has 0 saturated heterocycles. The van der Waals surface area contributed by atoms with Gasteiger partial charge in [0.05, 0.1) is 11.8 Å². The van der Waals surface area contributed by atoms with Crippen molar-refractivity contribution in [3.8, 4) is 0 Å². The van der Waals surface area contributed by atoms with Gasteiger partial charge in [-0.3, -0.25) is 4.79 Å². The quantitative estimate of drug-likeness (QED) is 0.551. The van der Waals surface area contributed by atoms with Crippen LogP contribution in [0.5, 0.6) is 0 Å². The van der Waals surface area contributed by atoms with Crippen molar-refractivity contribution in [2.45, 2.75) is 17.3 Å².